The van der Waals surface area contributed by atoms with Crippen LogP contribution in [0.1, 0.15) is 38.2 Å². The van der Waals surface area contributed by atoms with Gasteiger partial charge >= 0.3 is 5.97 Å². The minimum atomic E-state index is -1.93. The molecule has 0 fully saturated rings. The summed E-state index contributed by atoms with van der Waals surface area (Å²) in [7, 11) is 0. The van der Waals surface area contributed by atoms with Crippen molar-refractivity contribution >= 4 is 11.9 Å². The number of aliphatic carboxylic acids is 1. The van der Waals surface area contributed by atoms with Crippen LogP contribution in [0.5, 0.6) is 0 Å². The highest BCUT2D eigenvalue weighted by atomic mass is 16.4. The van der Waals surface area contributed by atoms with Crippen molar-refractivity contribution in [2.75, 3.05) is 6.54 Å². The zero-order valence-corrected chi connectivity index (χ0v) is 11.8. The predicted octanol–water partition coefficient (Wildman–Crippen LogP) is 1.52. The van der Waals surface area contributed by atoms with Crippen LogP contribution in [0.3, 0.4) is 0 Å². The Balaban J connectivity index is 2.35. The Morgan fingerprint density at radius 1 is 1.30 bits per heavy atom. The summed E-state index contributed by atoms with van der Waals surface area (Å²) in [4.78, 5) is 22.3. The molecule has 0 aliphatic carbocycles. The molecule has 1 amide bonds. The summed E-state index contributed by atoms with van der Waals surface area (Å²) in [5.74, 6) is -1.35. The smallest absolute Gasteiger partial charge is 0.337 e. The zero-order valence-electron chi connectivity index (χ0n) is 11.8. The average molecular weight is 279 g/mol. The van der Waals surface area contributed by atoms with Crippen LogP contribution in [-0.4, -0.2) is 34.2 Å². The second-order valence-corrected chi connectivity index (χ2v) is 5.21. The second-order valence-electron chi connectivity index (χ2n) is 5.21. The number of carboxylic acids is 1. The molecule has 0 bridgehead atoms. The van der Waals surface area contributed by atoms with Gasteiger partial charge in [0.1, 0.15) is 0 Å². The molecule has 0 spiro atoms. The molecular formula is C15H21NO4. The zero-order chi connectivity index (χ0) is 15.2. The maximum atomic E-state index is 11.6. The summed E-state index contributed by atoms with van der Waals surface area (Å²) in [6, 6.07) is 9.87. The SMILES string of the molecule is CC(CCC(=O)NCC(C)(O)C(=O)O)c1ccccc1. The van der Waals surface area contributed by atoms with Gasteiger partial charge in [-0.15, -0.1) is 0 Å². The van der Waals surface area contributed by atoms with E-state index >= 15 is 0 Å². The van der Waals surface area contributed by atoms with Crippen LogP contribution in [0.25, 0.3) is 0 Å². The Kier molecular flexibility index (Phi) is 5.70. The summed E-state index contributed by atoms with van der Waals surface area (Å²) < 4.78 is 0. The fourth-order valence-corrected chi connectivity index (χ4v) is 1.73. The molecule has 110 valence electrons. The molecule has 1 aromatic rings. The highest BCUT2D eigenvalue weighted by Gasteiger charge is 2.30. The molecule has 1 aromatic carbocycles. The first-order chi connectivity index (χ1) is 9.33. The van der Waals surface area contributed by atoms with Gasteiger partial charge in [-0.25, -0.2) is 4.79 Å². The Labute approximate surface area is 118 Å². The Hall–Kier alpha value is -1.88. The minimum Gasteiger partial charge on any atom is -0.479 e. The topological polar surface area (TPSA) is 86.6 Å². The van der Waals surface area contributed by atoms with Gasteiger partial charge in [-0.2, -0.15) is 0 Å². The van der Waals surface area contributed by atoms with Crippen molar-refractivity contribution in [2.45, 2.75) is 38.2 Å². The summed E-state index contributed by atoms with van der Waals surface area (Å²) in [6.07, 6.45) is 0.969. The lowest BCUT2D eigenvalue weighted by Gasteiger charge is -2.18. The number of nitrogens with one attached hydrogen (secondary N) is 1. The van der Waals surface area contributed by atoms with E-state index in [4.69, 9.17) is 5.11 Å². The standard InChI is InChI=1S/C15H21NO4/c1-11(12-6-4-3-5-7-12)8-9-13(17)16-10-15(2,20)14(18)19/h3-7,11,20H,8-10H2,1-2H3,(H,16,17)(H,18,19). The number of hydrogen-bond acceptors (Lipinski definition) is 3. The number of carboxylic acid groups (broad SMARTS) is 1. The molecule has 5 nitrogen and oxygen atoms in total. The van der Waals surface area contributed by atoms with Gasteiger partial charge in [-0.05, 0) is 24.8 Å². The third kappa shape index (κ3) is 5.01. The van der Waals surface area contributed by atoms with Crippen LogP contribution in [0, 0.1) is 0 Å². The fourth-order valence-electron chi connectivity index (χ4n) is 1.73. The average Bonchev–Trinajstić information content (AvgIpc) is 2.43. The van der Waals surface area contributed by atoms with Crippen molar-refractivity contribution in [1.82, 2.24) is 5.32 Å². The Morgan fingerprint density at radius 2 is 1.90 bits per heavy atom. The number of carbonyl (C=O) groups is 2. The summed E-state index contributed by atoms with van der Waals surface area (Å²) in [5.41, 5.74) is -0.765. The molecule has 0 heterocycles. The number of amides is 1. The van der Waals surface area contributed by atoms with Crippen molar-refractivity contribution < 1.29 is 19.8 Å². The molecule has 0 saturated heterocycles. The molecule has 0 radical (unpaired) electrons. The molecule has 0 aliphatic heterocycles. The van der Waals surface area contributed by atoms with E-state index in [9.17, 15) is 14.7 Å². The van der Waals surface area contributed by atoms with Crippen molar-refractivity contribution in [2.24, 2.45) is 0 Å². The van der Waals surface area contributed by atoms with Crippen LogP contribution in [0.2, 0.25) is 0 Å². The number of hydrogen-bond donors (Lipinski definition) is 3. The van der Waals surface area contributed by atoms with Crippen LogP contribution in [-0.2, 0) is 9.59 Å². The van der Waals surface area contributed by atoms with Crippen LogP contribution >= 0.6 is 0 Å². The predicted molar refractivity (Wildman–Crippen MR) is 75.4 cm³/mol. The molecule has 0 aliphatic rings. The van der Waals surface area contributed by atoms with Crippen LogP contribution in [0.4, 0.5) is 0 Å². The van der Waals surface area contributed by atoms with Crippen molar-refractivity contribution in [3.8, 4) is 0 Å². The van der Waals surface area contributed by atoms with E-state index in [0.29, 0.717) is 12.8 Å². The van der Waals surface area contributed by atoms with Crippen molar-refractivity contribution in [1.29, 1.82) is 0 Å². The normalized spacial score (nSPS) is 15.2. The molecule has 3 N–H and O–H groups in total. The van der Waals surface area contributed by atoms with Gasteiger partial charge in [0, 0.05) is 6.42 Å². The lowest BCUT2D eigenvalue weighted by molar-refractivity contribution is -0.156. The van der Waals surface area contributed by atoms with Crippen molar-refractivity contribution in [3.63, 3.8) is 0 Å². The van der Waals surface area contributed by atoms with E-state index in [1.165, 1.54) is 0 Å². The molecule has 1 rings (SSSR count). The van der Waals surface area contributed by atoms with Gasteiger partial charge in [0.2, 0.25) is 5.91 Å². The largest absolute Gasteiger partial charge is 0.479 e. The maximum absolute atomic E-state index is 11.6. The van der Waals surface area contributed by atoms with Gasteiger partial charge in [-0.1, -0.05) is 37.3 Å². The molecule has 0 aromatic heterocycles. The van der Waals surface area contributed by atoms with Crippen molar-refractivity contribution in [3.05, 3.63) is 35.9 Å². The van der Waals surface area contributed by atoms with Gasteiger partial charge in [0.25, 0.3) is 0 Å². The summed E-state index contributed by atoms with van der Waals surface area (Å²) >= 11 is 0. The third-order valence-electron chi connectivity index (χ3n) is 3.26. The van der Waals surface area contributed by atoms with Gasteiger partial charge in [-0.3, -0.25) is 4.79 Å². The van der Waals surface area contributed by atoms with Crippen LogP contribution < -0.4 is 5.32 Å². The van der Waals surface area contributed by atoms with Gasteiger partial charge in [0.15, 0.2) is 5.60 Å². The number of benzene rings is 1. The number of rotatable bonds is 7. The maximum Gasteiger partial charge on any atom is 0.337 e. The van der Waals surface area contributed by atoms with Gasteiger partial charge in [0.05, 0.1) is 6.54 Å². The monoisotopic (exact) mass is 279 g/mol. The molecule has 2 unspecified atom stereocenters. The highest BCUT2D eigenvalue weighted by molar-refractivity contribution is 5.80. The molecule has 2 atom stereocenters. The molecule has 5 heteroatoms. The summed E-state index contributed by atoms with van der Waals surface area (Å²) in [6.45, 7) is 2.90. The van der Waals surface area contributed by atoms with E-state index in [-0.39, 0.29) is 18.4 Å². The lowest BCUT2D eigenvalue weighted by atomic mass is 9.96. The number of aliphatic hydroxyl groups is 1. The quantitative estimate of drug-likeness (QED) is 0.706. The van der Waals surface area contributed by atoms with E-state index in [0.717, 1.165) is 12.5 Å². The Morgan fingerprint density at radius 3 is 2.45 bits per heavy atom. The third-order valence-corrected chi connectivity index (χ3v) is 3.26. The van der Waals surface area contributed by atoms with Gasteiger partial charge < -0.3 is 15.5 Å². The van der Waals surface area contributed by atoms with E-state index in [2.05, 4.69) is 5.32 Å². The number of carbonyl (C=O) groups excluding carboxylic acids is 1. The first kappa shape index (κ1) is 16.2. The second kappa shape index (κ2) is 7.05. The molecular weight excluding hydrogens is 258 g/mol. The van der Waals surface area contributed by atoms with E-state index < -0.39 is 11.6 Å². The van der Waals surface area contributed by atoms with Crippen LogP contribution in [0.15, 0.2) is 30.3 Å². The molecule has 0 saturated carbocycles. The van der Waals surface area contributed by atoms with E-state index in [1.807, 2.05) is 37.3 Å². The highest BCUT2D eigenvalue weighted by Crippen LogP contribution is 2.19. The minimum absolute atomic E-state index is 0.252. The first-order valence-corrected chi connectivity index (χ1v) is 6.60. The van der Waals surface area contributed by atoms with E-state index in [1.54, 1.807) is 0 Å². The summed E-state index contributed by atoms with van der Waals surface area (Å²) in [5, 5.41) is 20.6. The first-order valence-electron chi connectivity index (χ1n) is 6.60. The molecule has 20 heavy (non-hydrogen) atoms. The fraction of sp³-hybridized carbons (Fsp3) is 0.467. The lowest BCUT2D eigenvalue weighted by Crippen LogP contribution is -2.46. The Bertz CT molecular complexity index is 456.